The van der Waals surface area contributed by atoms with Crippen molar-refractivity contribution in [2.45, 2.75) is 245 Å². The molecule has 0 spiro atoms. The Labute approximate surface area is 397 Å². The van der Waals surface area contributed by atoms with Gasteiger partial charge in [0.25, 0.3) is 0 Å². The SMILES string of the molecule is CCCCCCC/C=C\C/C=C\C/C=C\CCCCCCCCCCC(=O)OC(COCCCCCCCCCC/C=C\CCCCCCCCC)COP(=O)(O)OCC[N+](C)(C)C. The molecule has 0 aliphatic rings. The summed E-state index contributed by atoms with van der Waals surface area (Å²) in [6.07, 6.45) is 60.1. The molecule has 64 heavy (non-hydrogen) atoms. The minimum Gasteiger partial charge on any atom is -0.457 e. The molecule has 0 aliphatic heterocycles. The highest BCUT2D eigenvalue weighted by molar-refractivity contribution is 7.47. The molecule has 0 bridgehead atoms. The molecule has 0 fully saturated rings. The first kappa shape index (κ1) is 62.5. The number of esters is 1. The Kier molecular flexibility index (Phi) is 46.8. The average molecular weight is 923 g/mol. The molecular formula is C55H105NO7P+. The molecule has 376 valence electrons. The molecule has 1 N–H and O–H groups in total. The Balaban J connectivity index is 4.14. The summed E-state index contributed by atoms with van der Waals surface area (Å²) < 4.78 is 35.2. The molecule has 0 aromatic heterocycles. The van der Waals surface area contributed by atoms with Gasteiger partial charge in [0.05, 0.1) is 34.4 Å². The van der Waals surface area contributed by atoms with Crippen LogP contribution >= 0.6 is 7.82 Å². The molecule has 0 aromatic carbocycles. The summed E-state index contributed by atoms with van der Waals surface area (Å²) in [6, 6.07) is 0. The summed E-state index contributed by atoms with van der Waals surface area (Å²) in [5, 5.41) is 0. The van der Waals surface area contributed by atoms with E-state index in [1.54, 1.807) is 0 Å². The Morgan fingerprint density at radius 2 is 0.859 bits per heavy atom. The van der Waals surface area contributed by atoms with Gasteiger partial charge in [0.1, 0.15) is 19.3 Å². The topological polar surface area (TPSA) is 91.3 Å². The lowest BCUT2D eigenvalue weighted by Crippen LogP contribution is -2.37. The largest absolute Gasteiger partial charge is 0.472 e. The molecule has 2 atom stereocenters. The Bertz CT molecular complexity index is 1160. The maximum absolute atomic E-state index is 12.8. The van der Waals surface area contributed by atoms with Crippen LogP contribution in [0.15, 0.2) is 48.6 Å². The molecule has 0 heterocycles. The summed E-state index contributed by atoms with van der Waals surface area (Å²) in [5.41, 5.74) is 0. The number of allylic oxidation sites excluding steroid dienone is 8. The number of ether oxygens (including phenoxy) is 2. The fourth-order valence-corrected chi connectivity index (χ4v) is 8.18. The first-order chi connectivity index (χ1) is 31.1. The van der Waals surface area contributed by atoms with Crippen LogP contribution in [0.2, 0.25) is 0 Å². The zero-order chi connectivity index (χ0) is 46.9. The van der Waals surface area contributed by atoms with Crippen molar-refractivity contribution in [3.05, 3.63) is 48.6 Å². The highest BCUT2D eigenvalue weighted by Crippen LogP contribution is 2.43. The van der Waals surface area contributed by atoms with Gasteiger partial charge in [-0.15, -0.1) is 0 Å². The lowest BCUT2D eigenvalue weighted by molar-refractivity contribution is -0.870. The Morgan fingerprint density at radius 3 is 1.30 bits per heavy atom. The number of phosphoric ester groups is 1. The maximum Gasteiger partial charge on any atom is 0.472 e. The molecule has 0 rings (SSSR count). The van der Waals surface area contributed by atoms with Crippen molar-refractivity contribution < 1.29 is 37.3 Å². The van der Waals surface area contributed by atoms with Gasteiger partial charge < -0.3 is 18.9 Å². The first-order valence-electron chi connectivity index (χ1n) is 26.9. The fourth-order valence-electron chi connectivity index (χ4n) is 7.44. The monoisotopic (exact) mass is 923 g/mol. The van der Waals surface area contributed by atoms with Crippen molar-refractivity contribution >= 4 is 13.8 Å². The third-order valence-electron chi connectivity index (χ3n) is 11.6. The highest BCUT2D eigenvalue weighted by Gasteiger charge is 2.26. The van der Waals surface area contributed by atoms with Crippen molar-refractivity contribution in [3.8, 4) is 0 Å². The molecule has 0 amide bonds. The van der Waals surface area contributed by atoms with Crippen LogP contribution in [0.25, 0.3) is 0 Å². The normalized spacial score (nSPS) is 13.9. The van der Waals surface area contributed by atoms with Crippen LogP contribution < -0.4 is 0 Å². The van der Waals surface area contributed by atoms with E-state index in [4.69, 9.17) is 18.5 Å². The molecule has 0 aliphatic carbocycles. The smallest absolute Gasteiger partial charge is 0.457 e. The Hall–Kier alpha value is -1.54. The standard InChI is InChI=1S/C55H104NO7P/c1-6-8-10-12-14-16-18-20-22-24-26-27-28-29-30-32-34-36-38-40-42-44-46-48-55(57)63-54(53-62-64(58,59)61-51-49-56(3,4)5)52-60-50-47-45-43-41-39-37-35-33-31-25-23-21-19-17-15-13-11-9-7-2/h18,20,23-26,28-29,54H,6-17,19,21-22,27,30-53H2,1-5H3/p+1/b20-18-,25-23-,26-24-,29-28-. The van der Waals surface area contributed by atoms with Crippen molar-refractivity contribution in [1.82, 2.24) is 0 Å². The van der Waals surface area contributed by atoms with Gasteiger partial charge in [0.2, 0.25) is 0 Å². The molecule has 9 heteroatoms. The summed E-state index contributed by atoms with van der Waals surface area (Å²) in [7, 11) is 1.66. The number of quaternary nitrogens is 1. The van der Waals surface area contributed by atoms with E-state index in [2.05, 4.69) is 62.5 Å². The molecule has 2 unspecified atom stereocenters. The van der Waals surface area contributed by atoms with E-state index < -0.39 is 13.9 Å². The lowest BCUT2D eigenvalue weighted by Gasteiger charge is -2.24. The van der Waals surface area contributed by atoms with Gasteiger partial charge >= 0.3 is 13.8 Å². The number of hydrogen-bond donors (Lipinski definition) is 1. The number of unbranched alkanes of at least 4 members (excludes halogenated alkanes) is 28. The van der Waals surface area contributed by atoms with Gasteiger partial charge in [0.15, 0.2) is 0 Å². The minimum absolute atomic E-state index is 0.0856. The molecule has 0 aromatic rings. The van der Waals surface area contributed by atoms with Crippen molar-refractivity contribution in [1.29, 1.82) is 0 Å². The van der Waals surface area contributed by atoms with E-state index in [1.807, 2.05) is 21.1 Å². The molecule has 0 radical (unpaired) electrons. The van der Waals surface area contributed by atoms with Crippen LogP contribution in [-0.2, 0) is 27.9 Å². The minimum atomic E-state index is -4.29. The maximum atomic E-state index is 12.8. The summed E-state index contributed by atoms with van der Waals surface area (Å²) in [6.45, 7) is 5.62. The second kappa shape index (κ2) is 47.9. The van der Waals surface area contributed by atoms with Gasteiger partial charge in [-0.2, -0.15) is 0 Å². The Morgan fingerprint density at radius 1 is 0.484 bits per heavy atom. The molecule has 0 saturated carbocycles. The van der Waals surface area contributed by atoms with Crippen LogP contribution in [-0.4, -0.2) is 75.6 Å². The van der Waals surface area contributed by atoms with E-state index in [0.29, 0.717) is 24.1 Å². The summed E-state index contributed by atoms with van der Waals surface area (Å²) in [4.78, 5) is 23.0. The highest BCUT2D eigenvalue weighted by atomic mass is 31.2. The van der Waals surface area contributed by atoms with Gasteiger partial charge in [0, 0.05) is 13.0 Å². The predicted octanol–water partition coefficient (Wildman–Crippen LogP) is 16.7. The summed E-state index contributed by atoms with van der Waals surface area (Å²) >= 11 is 0. The second-order valence-corrected chi connectivity index (χ2v) is 20.7. The van der Waals surface area contributed by atoms with Gasteiger partial charge in [-0.05, 0) is 77.0 Å². The van der Waals surface area contributed by atoms with E-state index in [0.717, 1.165) is 51.4 Å². The zero-order valence-electron chi connectivity index (χ0n) is 42.8. The van der Waals surface area contributed by atoms with Gasteiger partial charge in [-0.3, -0.25) is 13.8 Å². The lowest BCUT2D eigenvalue weighted by atomic mass is 10.1. The second-order valence-electron chi connectivity index (χ2n) is 19.3. The zero-order valence-corrected chi connectivity index (χ0v) is 43.7. The predicted molar refractivity (Wildman–Crippen MR) is 275 cm³/mol. The molecule has 8 nitrogen and oxygen atoms in total. The van der Waals surface area contributed by atoms with Crippen LogP contribution in [0.5, 0.6) is 0 Å². The quantitative estimate of drug-likeness (QED) is 0.0214. The fraction of sp³-hybridized carbons (Fsp3) is 0.836. The summed E-state index contributed by atoms with van der Waals surface area (Å²) in [5.74, 6) is -0.320. The number of rotatable bonds is 50. The van der Waals surface area contributed by atoms with Crippen LogP contribution in [0, 0.1) is 0 Å². The first-order valence-corrected chi connectivity index (χ1v) is 28.4. The third kappa shape index (κ3) is 51.4. The van der Waals surface area contributed by atoms with E-state index in [1.165, 1.54) is 167 Å². The third-order valence-corrected chi connectivity index (χ3v) is 12.6. The van der Waals surface area contributed by atoms with Crippen molar-refractivity contribution in [2.75, 3.05) is 54.1 Å². The van der Waals surface area contributed by atoms with Crippen molar-refractivity contribution in [2.24, 2.45) is 0 Å². The van der Waals surface area contributed by atoms with E-state index in [9.17, 15) is 14.3 Å². The molecule has 0 saturated heterocycles. The van der Waals surface area contributed by atoms with Gasteiger partial charge in [-0.25, -0.2) is 4.57 Å². The number of carbonyl (C=O) groups is 1. The molecular weight excluding hydrogens is 818 g/mol. The number of likely N-dealkylation sites (N-methyl/N-ethyl adjacent to an activating group) is 1. The number of carbonyl (C=O) groups excluding carboxylic acids is 1. The number of phosphoric acid groups is 1. The number of hydrogen-bond acceptors (Lipinski definition) is 6. The van der Waals surface area contributed by atoms with Crippen LogP contribution in [0.4, 0.5) is 0 Å². The van der Waals surface area contributed by atoms with Crippen molar-refractivity contribution in [3.63, 3.8) is 0 Å². The van der Waals surface area contributed by atoms with Crippen LogP contribution in [0.1, 0.15) is 239 Å². The van der Waals surface area contributed by atoms with Gasteiger partial charge in [-0.1, -0.05) is 204 Å². The average Bonchev–Trinajstić information content (AvgIpc) is 3.25. The van der Waals surface area contributed by atoms with E-state index >= 15 is 0 Å². The number of nitrogens with zero attached hydrogens (tertiary/aromatic N) is 1. The van der Waals surface area contributed by atoms with E-state index in [-0.39, 0.29) is 25.8 Å². The van der Waals surface area contributed by atoms with Crippen LogP contribution in [0.3, 0.4) is 0 Å².